The molecule has 190 valence electrons. The lowest BCUT2D eigenvalue weighted by Crippen LogP contribution is -2.26. The summed E-state index contributed by atoms with van der Waals surface area (Å²) in [6.45, 7) is 1.83. The van der Waals surface area contributed by atoms with E-state index in [9.17, 15) is 18.4 Å². The van der Waals surface area contributed by atoms with Crippen molar-refractivity contribution in [1.29, 1.82) is 0 Å². The van der Waals surface area contributed by atoms with Gasteiger partial charge >= 0.3 is 0 Å². The number of fused-ring (bicyclic) bond motifs is 1. The van der Waals surface area contributed by atoms with Crippen LogP contribution in [0, 0.1) is 11.6 Å². The first-order valence-electron chi connectivity index (χ1n) is 12.1. The monoisotopic (exact) mass is 510 g/mol. The Bertz CT molecular complexity index is 1640. The van der Waals surface area contributed by atoms with E-state index >= 15 is 0 Å². The normalized spacial score (nSPS) is 11.8. The molecule has 5 aromatic rings. The number of amides is 2. The highest BCUT2D eigenvalue weighted by molar-refractivity contribution is 6.11. The van der Waals surface area contributed by atoms with E-state index in [-0.39, 0.29) is 29.5 Å². The third-order valence-electron chi connectivity index (χ3n) is 6.42. The molecule has 1 atom stereocenters. The molecular formula is C31H24F2N2O3. The van der Waals surface area contributed by atoms with Gasteiger partial charge in [-0.05, 0) is 84.3 Å². The molecule has 0 aliphatic rings. The molecule has 2 amide bonds. The Kier molecular flexibility index (Phi) is 6.75. The van der Waals surface area contributed by atoms with E-state index < -0.39 is 0 Å². The molecule has 0 saturated carbocycles. The lowest BCUT2D eigenvalue weighted by molar-refractivity contribution is 0.0937. The maximum Gasteiger partial charge on any atom is 0.255 e. The lowest BCUT2D eigenvalue weighted by Gasteiger charge is -2.15. The van der Waals surface area contributed by atoms with Gasteiger partial charge in [0.15, 0.2) is 0 Å². The van der Waals surface area contributed by atoms with E-state index in [2.05, 4.69) is 10.6 Å². The van der Waals surface area contributed by atoms with Crippen molar-refractivity contribution in [3.05, 3.63) is 119 Å². The van der Waals surface area contributed by atoms with Crippen LogP contribution in [0.2, 0.25) is 0 Å². The molecule has 2 N–H and O–H groups in total. The van der Waals surface area contributed by atoms with Crippen molar-refractivity contribution in [3.63, 3.8) is 0 Å². The van der Waals surface area contributed by atoms with Gasteiger partial charge in [0.25, 0.3) is 11.8 Å². The van der Waals surface area contributed by atoms with E-state index in [1.54, 1.807) is 48.5 Å². The molecule has 7 heteroatoms. The number of carbonyl (C=O) groups is 2. The first-order valence-corrected chi connectivity index (χ1v) is 12.1. The summed E-state index contributed by atoms with van der Waals surface area (Å²) in [7, 11) is 1.54. The zero-order valence-corrected chi connectivity index (χ0v) is 20.7. The highest BCUT2D eigenvalue weighted by atomic mass is 19.1. The van der Waals surface area contributed by atoms with Gasteiger partial charge in [0, 0.05) is 23.6 Å². The lowest BCUT2D eigenvalue weighted by atomic mass is 9.98. The number of furan rings is 1. The number of rotatable bonds is 6. The minimum atomic E-state index is -0.385. The third-order valence-corrected chi connectivity index (χ3v) is 6.42. The Labute approximate surface area is 218 Å². The molecule has 5 rings (SSSR count). The van der Waals surface area contributed by atoms with Crippen LogP contribution in [0.15, 0.2) is 95.4 Å². The number of halogens is 2. The van der Waals surface area contributed by atoms with Gasteiger partial charge in [0.2, 0.25) is 0 Å². The zero-order valence-electron chi connectivity index (χ0n) is 20.7. The molecule has 1 aromatic heterocycles. The van der Waals surface area contributed by atoms with Crippen molar-refractivity contribution in [2.24, 2.45) is 0 Å². The van der Waals surface area contributed by atoms with Crippen LogP contribution in [0.4, 0.5) is 8.78 Å². The summed E-state index contributed by atoms with van der Waals surface area (Å²) >= 11 is 0. The summed E-state index contributed by atoms with van der Waals surface area (Å²) in [4.78, 5) is 25.8. The SMILES string of the molecule is CNC(=O)c1c(-c2ccc(F)cc2)oc2ccc(-c3cccc(C(=O)NC(C)c4ccc(F)cc4)c3)cc12. The summed E-state index contributed by atoms with van der Waals surface area (Å²) in [5.41, 5.74) is 4.25. The molecule has 0 radical (unpaired) electrons. The highest BCUT2D eigenvalue weighted by Crippen LogP contribution is 2.36. The van der Waals surface area contributed by atoms with Gasteiger partial charge in [-0.25, -0.2) is 8.78 Å². The summed E-state index contributed by atoms with van der Waals surface area (Å²) in [6, 6.07) is 24.1. The summed E-state index contributed by atoms with van der Waals surface area (Å²) < 4.78 is 32.7. The van der Waals surface area contributed by atoms with Crippen molar-refractivity contribution in [2.45, 2.75) is 13.0 Å². The van der Waals surface area contributed by atoms with Gasteiger partial charge in [-0.3, -0.25) is 9.59 Å². The smallest absolute Gasteiger partial charge is 0.255 e. The topological polar surface area (TPSA) is 71.3 Å². The van der Waals surface area contributed by atoms with Crippen molar-refractivity contribution < 1.29 is 22.8 Å². The fourth-order valence-electron chi connectivity index (χ4n) is 4.39. The first kappa shape index (κ1) is 24.9. The molecule has 4 aromatic carbocycles. The van der Waals surface area contributed by atoms with Gasteiger partial charge < -0.3 is 15.1 Å². The molecule has 0 fully saturated rings. The van der Waals surface area contributed by atoms with E-state index in [1.165, 1.54) is 31.3 Å². The summed E-state index contributed by atoms with van der Waals surface area (Å²) in [6.07, 6.45) is 0. The Hall–Kier alpha value is -4.78. The van der Waals surface area contributed by atoms with Gasteiger partial charge in [0.05, 0.1) is 11.6 Å². The number of carbonyl (C=O) groups excluding carboxylic acids is 2. The maximum atomic E-state index is 13.5. The average molecular weight is 511 g/mol. The van der Waals surface area contributed by atoms with Gasteiger partial charge in [-0.2, -0.15) is 0 Å². The fraction of sp³-hybridized carbons (Fsp3) is 0.0968. The van der Waals surface area contributed by atoms with Crippen LogP contribution < -0.4 is 10.6 Å². The average Bonchev–Trinajstić information content (AvgIpc) is 3.32. The number of nitrogens with one attached hydrogen (secondary N) is 2. The molecule has 1 unspecified atom stereocenters. The molecule has 0 saturated heterocycles. The molecule has 38 heavy (non-hydrogen) atoms. The standard InChI is InChI=1S/C31H24F2N2O3/c1-18(19-6-11-24(32)12-7-19)35-30(36)23-5-3-4-21(16-23)22-10-15-27-26(17-22)28(31(37)34-2)29(38-27)20-8-13-25(33)14-9-20/h3-18H,1-2H3,(H,34,37)(H,35,36). The Morgan fingerprint density at radius 1 is 0.763 bits per heavy atom. The third kappa shape index (κ3) is 4.91. The van der Waals surface area contributed by atoms with Crippen LogP contribution in [0.5, 0.6) is 0 Å². The van der Waals surface area contributed by atoms with Crippen LogP contribution >= 0.6 is 0 Å². The quantitative estimate of drug-likeness (QED) is 0.261. The predicted molar refractivity (Wildman–Crippen MR) is 143 cm³/mol. The second-order valence-corrected chi connectivity index (χ2v) is 8.93. The number of hydrogen-bond acceptors (Lipinski definition) is 3. The number of hydrogen-bond donors (Lipinski definition) is 2. The Morgan fingerprint density at radius 3 is 2.08 bits per heavy atom. The van der Waals surface area contributed by atoms with Gasteiger partial charge in [0.1, 0.15) is 23.0 Å². The van der Waals surface area contributed by atoms with E-state index in [4.69, 9.17) is 4.42 Å². The Morgan fingerprint density at radius 2 is 1.39 bits per heavy atom. The molecule has 0 spiro atoms. The molecule has 0 bridgehead atoms. The summed E-state index contributed by atoms with van der Waals surface area (Å²) in [5, 5.41) is 6.19. The van der Waals surface area contributed by atoms with Crippen LogP contribution in [-0.2, 0) is 0 Å². The van der Waals surface area contributed by atoms with E-state index in [0.717, 1.165) is 16.7 Å². The Balaban J connectivity index is 1.49. The second kappa shape index (κ2) is 10.3. The van der Waals surface area contributed by atoms with Gasteiger partial charge in [-0.15, -0.1) is 0 Å². The maximum absolute atomic E-state index is 13.5. The van der Waals surface area contributed by atoms with Crippen molar-refractivity contribution >= 4 is 22.8 Å². The molecule has 5 nitrogen and oxygen atoms in total. The zero-order chi connectivity index (χ0) is 26.8. The molecular weight excluding hydrogens is 486 g/mol. The minimum absolute atomic E-state index is 0.266. The summed E-state index contributed by atoms with van der Waals surface area (Å²) in [5.74, 6) is -0.969. The first-order chi connectivity index (χ1) is 18.3. The second-order valence-electron chi connectivity index (χ2n) is 8.93. The van der Waals surface area contributed by atoms with E-state index in [1.807, 2.05) is 25.1 Å². The molecule has 1 heterocycles. The highest BCUT2D eigenvalue weighted by Gasteiger charge is 2.22. The molecule has 0 aliphatic heterocycles. The van der Waals surface area contributed by atoms with Crippen LogP contribution in [0.25, 0.3) is 33.4 Å². The van der Waals surface area contributed by atoms with Crippen LogP contribution in [-0.4, -0.2) is 18.9 Å². The van der Waals surface area contributed by atoms with Crippen molar-refractivity contribution in [2.75, 3.05) is 7.05 Å². The van der Waals surface area contributed by atoms with Crippen LogP contribution in [0.1, 0.15) is 39.2 Å². The fourth-order valence-corrected chi connectivity index (χ4v) is 4.39. The van der Waals surface area contributed by atoms with Crippen molar-refractivity contribution in [3.8, 4) is 22.5 Å². The molecule has 0 aliphatic carbocycles. The minimum Gasteiger partial charge on any atom is -0.455 e. The number of benzene rings is 4. The largest absolute Gasteiger partial charge is 0.455 e. The van der Waals surface area contributed by atoms with Crippen molar-refractivity contribution in [1.82, 2.24) is 10.6 Å². The van der Waals surface area contributed by atoms with Crippen LogP contribution in [0.3, 0.4) is 0 Å². The van der Waals surface area contributed by atoms with E-state index in [0.29, 0.717) is 33.4 Å². The predicted octanol–water partition coefficient (Wildman–Crippen LogP) is 6.90. The van der Waals surface area contributed by atoms with Gasteiger partial charge in [-0.1, -0.05) is 30.3 Å².